The Morgan fingerprint density at radius 2 is 1.75 bits per heavy atom. The molecule has 20 heavy (non-hydrogen) atoms. The summed E-state index contributed by atoms with van der Waals surface area (Å²) in [6.45, 7) is 0.507. The Hall–Kier alpha value is -2.14. The molecule has 100 valence electrons. The molecule has 4 nitrogen and oxygen atoms in total. The summed E-state index contributed by atoms with van der Waals surface area (Å²) >= 11 is 3.40. The highest BCUT2D eigenvalue weighted by atomic mass is 79.9. The molecular weight excluding hydrogens is 318 g/mol. The third-order valence-electron chi connectivity index (χ3n) is 2.79. The summed E-state index contributed by atoms with van der Waals surface area (Å²) in [5, 5.41) is 7.22. The molecule has 0 spiro atoms. The second-order valence-electron chi connectivity index (χ2n) is 4.24. The van der Waals surface area contributed by atoms with E-state index >= 15 is 0 Å². The van der Waals surface area contributed by atoms with E-state index in [-0.39, 0.29) is 0 Å². The minimum Gasteiger partial charge on any atom is -0.376 e. The van der Waals surface area contributed by atoms with Crippen LogP contribution in [0.1, 0.15) is 5.89 Å². The van der Waals surface area contributed by atoms with Crippen LogP contribution < -0.4 is 5.32 Å². The van der Waals surface area contributed by atoms with Gasteiger partial charge in [0.2, 0.25) is 11.7 Å². The van der Waals surface area contributed by atoms with Crippen LogP contribution in [0.2, 0.25) is 0 Å². The summed E-state index contributed by atoms with van der Waals surface area (Å²) in [5.74, 6) is 1.16. The lowest BCUT2D eigenvalue weighted by atomic mass is 10.2. The molecular formula is C15H12BrN3O. The second kappa shape index (κ2) is 5.88. The van der Waals surface area contributed by atoms with Crippen LogP contribution >= 0.6 is 15.9 Å². The largest absolute Gasteiger partial charge is 0.376 e. The van der Waals surface area contributed by atoms with E-state index in [0.29, 0.717) is 18.3 Å². The van der Waals surface area contributed by atoms with Gasteiger partial charge in [0, 0.05) is 15.7 Å². The molecule has 1 N–H and O–H groups in total. The molecule has 0 saturated carbocycles. The van der Waals surface area contributed by atoms with Gasteiger partial charge in [-0.2, -0.15) is 4.98 Å². The van der Waals surface area contributed by atoms with Gasteiger partial charge in [-0.05, 0) is 36.4 Å². The van der Waals surface area contributed by atoms with Crippen molar-refractivity contribution < 1.29 is 4.52 Å². The molecule has 3 rings (SSSR count). The summed E-state index contributed by atoms with van der Waals surface area (Å²) < 4.78 is 6.26. The van der Waals surface area contributed by atoms with Crippen LogP contribution in [0.5, 0.6) is 0 Å². The van der Waals surface area contributed by atoms with E-state index in [0.717, 1.165) is 15.7 Å². The number of para-hydroxylation sites is 1. The number of rotatable bonds is 4. The molecule has 0 fully saturated rings. The average molecular weight is 330 g/mol. The van der Waals surface area contributed by atoms with E-state index in [9.17, 15) is 0 Å². The van der Waals surface area contributed by atoms with E-state index in [1.54, 1.807) is 0 Å². The quantitative estimate of drug-likeness (QED) is 0.782. The average Bonchev–Trinajstić information content (AvgIpc) is 2.96. The first-order valence-corrected chi connectivity index (χ1v) is 6.98. The lowest BCUT2D eigenvalue weighted by Gasteiger charge is -2.01. The molecule has 0 saturated heterocycles. The SMILES string of the molecule is Brc1ccc(-c2noc(CNc3ccccc3)n2)cc1. The van der Waals surface area contributed by atoms with Crippen LogP contribution in [-0.4, -0.2) is 10.1 Å². The molecule has 5 heteroatoms. The number of nitrogens with zero attached hydrogens (tertiary/aromatic N) is 2. The van der Waals surface area contributed by atoms with E-state index in [2.05, 4.69) is 31.4 Å². The summed E-state index contributed by atoms with van der Waals surface area (Å²) in [6.07, 6.45) is 0. The van der Waals surface area contributed by atoms with Gasteiger partial charge in [0.05, 0.1) is 6.54 Å². The van der Waals surface area contributed by atoms with Gasteiger partial charge in [0.1, 0.15) is 0 Å². The van der Waals surface area contributed by atoms with Crippen molar-refractivity contribution in [1.82, 2.24) is 10.1 Å². The maximum Gasteiger partial charge on any atom is 0.246 e. The van der Waals surface area contributed by atoms with Crippen LogP contribution in [0.15, 0.2) is 63.6 Å². The lowest BCUT2D eigenvalue weighted by Crippen LogP contribution is -1.99. The van der Waals surface area contributed by atoms with Crippen LogP contribution in [0.3, 0.4) is 0 Å². The number of hydrogen-bond donors (Lipinski definition) is 1. The zero-order valence-corrected chi connectivity index (χ0v) is 12.2. The predicted molar refractivity (Wildman–Crippen MR) is 81.2 cm³/mol. The fourth-order valence-electron chi connectivity index (χ4n) is 1.78. The fraction of sp³-hybridized carbons (Fsp3) is 0.0667. The Morgan fingerprint density at radius 3 is 2.50 bits per heavy atom. The fourth-order valence-corrected chi connectivity index (χ4v) is 2.04. The Kier molecular flexibility index (Phi) is 3.78. The Labute approximate surface area is 125 Å². The highest BCUT2D eigenvalue weighted by Gasteiger charge is 2.08. The summed E-state index contributed by atoms with van der Waals surface area (Å²) in [6, 6.07) is 17.7. The third kappa shape index (κ3) is 3.05. The highest BCUT2D eigenvalue weighted by Crippen LogP contribution is 2.19. The number of halogens is 1. The zero-order valence-electron chi connectivity index (χ0n) is 10.6. The predicted octanol–water partition coefficient (Wildman–Crippen LogP) is 4.11. The Balaban J connectivity index is 1.69. The van der Waals surface area contributed by atoms with Crippen molar-refractivity contribution in [2.24, 2.45) is 0 Å². The van der Waals surface area contributed by atoms with E-state index in [4.69, 9.17) is 4.52 Å². The van der Waals surface area contributed by atoms with Crippen LogP contribution in [0, 0.1) is 0 Å². The van der Waals surface area contributed by atoms with Gasteiger partial charge in [-0.1, -0.05) is 39.3 Å². The summed E-state index contributed by atoms with van der Waals surface area (Å²) in [7, 11) is 0. The van der Waals surface area contributed by atoms with E-state index < -0.39 is 0 Å². The van der Waals surface area contributed by atoms with Crippen molar-refractivity contribution in [3.05, 3.63) is 65.0 Å². The standard InChI is InChI=1S/C15H12BrN3O/c16-12-8-6-11(7-9-12)15-18-14(20-19-15)10-17-13-4-2-1-3-5-13/h1-9,17H,10H2. The number of nitrogens with one attached hydrogen (secondary N) is 1. The minimum atomic E-state index is 0.507. The molecule has 0 unspecified atom stereocenters. The smallest absolute Gasteiger partial charge is 0.246 e. The molecule has 0 radical (unpaired) electrons. The maximum absolute atomic E-state index is 5.24. The van der Waals surface area contributed by atoms with Gasteiger partial charge in [-0.3, -0.25) is 0 Å². The van der Waals surface area contributed by atoms with Gasteiger partial charge in [-0.15, -0.1) is 0 Å². The molecule has 3 aromatic rings. The minimum absolute atomic E-state index is 0.507. The monoisotopic (exact) mass is 329 g/mol. The Morgan fingerprint density at radius 1 is 1.00 bits per heavy atom. The number of aromatic nitrogens is 2. The molecule has 0 bridgehead atoms. The number of hydrogen-bond acceptors (Lipinski definition) is 4. The molecule has 1 heterocycles. The van der Waals surface area contributed by atoms with Crippen molar-refractivity contribution in [3.8, 4) is 11.4 Å². The van der Waals surface area contributed by atoms with E-state index in [1.165, 1.54) is 0 Å². The molecule has 1 aromatic heterocycles. The van der Waals surface area contributed by atoms with Crippen LogP contribution in [-0.2, 0) is 6.54 Å². The van der Waals surface area contributed by atoms with Crippen molar-refractivity contribution in [1.29, 1.82) is 0 Å². The zero-order chi connectivity index (χ0) is 13.8. The molecule has 0 aliphatic rings. The molecule has 0 atom stereocenters. The van der Waals surface area contributed by atoms with Gasteiger partial charge in [-0.25, -0.2) is 0 Å². The van der Waals surface area contributed by atoms with Crippen molar-refractivity contribution in [3.63, 3.8) is 0 Å². The van der Waals surface area contributed by atoms with Crippen molar-refractivity contribution in [2.75, 3.05) is 5.32 Å². The molecule has 0 aliphatic carbocycles. The normalized spacial score (nSPS) is 10.4. The summed E-state index contributed by atoms with van der Waals surface area (Å²) in [4.78, 5) is 4.37. The molecule has 0 aliphatic heterocycles. The van der Waals surface area contributed by atoms with Crippen molar-refractivity contribution >= 4 is 21.6 Å². The molecule has 2 aromatic carbocycles. The first kappa shape index (κ1) is 12.9. The topological polar surface area (TPSA) is 51.0 Å². The Bertz CT molecular complexity index is 680. The first-order chi connectivity index (χ1) is 9.81. The second-order valence-corrected chi connectivity index (χ2v) is 5.15. The van der Waals surface area contributed by atoms with Gasteiger partial charge in [0.25, 0.3) is 0 Å². The third-order valence-corrected chi connectivity index (χ3v) is 3.32. The lowest BCUT2D eigenvalue weighted by molar-refractivity contribution is 0.384. The van der Waals surface area contributed by atoms with Crippen LogP contribution in [0.4, 0.5) is 5.69 Å². The summed E-state index contributed by atoms with van der Waals surface area (Å²) in [5.41, 5.74) is 1.96. The number of benzene rings is 2. The highest BCUT2D eigenvalue weighted by molar-refractivity contribution is 9.10. The van der Waals surface area contributed by atoms with E-state index in [1.807, 2.05) is 54.6 Å². The maximum atomic E-state index is 5.24. The van der Waals surface area contributed by atoms with Gasteiger partial charge < -0.3 is 9.84 Å². The van der Waals surface area contributed by atoms with Crippen molar-refractivity contribution in [2.45, 2.75) is 6.54 Å². The van der Waals surface area contributed by atoms with Crippen LogP contribution in [0.25, 0.3) is 11.4 Å². The van der Waals surface area contributed by atoms with Gasteiger partial charge >= 0.3 is 0 Å². The number of anilines is 1. The molecule has 0 amide bonds. The first-order valence-electron chi connectivity index (χ1n) is 6.19. The van der Waals surface area contributed by atoms with Gasteiger partial charge in [0.15, 0.2) is 0 Å².